The number of aromatic nitrogens is 3. The lowest BCUT2D eigenvalue weighted by atomic mass is 9.76. The molecule has 1 saturated carbocycles. The molecular weight excluding hydrogens is 393 g/mol. The van der Waals surface area contributed by atoms with Gasteiger partial charge in [0.2, 0.25) is 0 Å². The van der Waals surface area contributed by atoms with Gasteiger partial charge in [0.15, 0.2) is 5.82 Å². The van der Waals surface area contributed by atoms with Gasteiger partial charge >= 0.3 is 0 Å². The van der Waals surface area contributed by atoms with Crippen LogP contribution in [-0.2, 0) is 0 Å². The number of pyridine rings is 1. The second-order valence-electron chi connectivity index (χ2n) is 8.44. The number of hydrogen-bond acceptors (Lipinski definition) is 5. The highest BCUT2D eigenvalue weighted by Gasteiger charge is 2.43. The summed E-state index contributed by atoms with van der Waals surface area (Å²) in [7, 11) is 0. The van der Waals surface area contributed by atoms with Crippen molar-refractivity contribution in [3.63, 3.8) is 0 Å². The Bertz CT molecular complexity index is 1090. The molecule has 2 aliphatic heterocycles. The van der Waals surface area contributed by atoms with Gasteiger partial charge in [-0.3, -0.25) is 4.79 Å². The molecule has 4 heterocycles. The van der Waals surface area contributed by atoms with Crippen molar-refractivity contribution in [2.75, 3.05) is 11.9 Å². The topological polar surface area (TPSA) is 71.0 Å². The summed E-state index contributed by atoms with van der Waals surface area (Å²) in [5, 5.41) is 3.53. The number of aryl methyl sites for hydroxylation is 1. The minimum absolute atomic E-state index is 0.0356. The van der Waals surface area contributed by atoms with Gasteiger partial charge < -0.3 is 10.2 Å². The van der Waals surface area contributed by atoms with E-state index >= 15 is 0 Å². The fourth-order valence-corrected chi connectivity index (χ4v) is 4.81. The molecule has 158 valence electrons. The van der Waals surface area contributed by atoms with E-state index in [1.165, 1.54) is 12.1 Å². The molecule has 0 unspecified atom stereocenters. The maximum atomic E-state index is 14.1. The van der Waals surface area contributed by atoms with Crippen molar-refractivity contribution < 1.29 is 9.18 Å². The Morgan fingerprint density at radius 1 is 1.13 bits per heavy atom. The number of nitrogens with zero attached hydrogens (tertiary/aromatic N) is 4. The van der Waals surface area contributed by atoms with Crippen LogP contribution in [0.2, 0.25) is 0 Å². The Morgan fingerprint density at radius 3 is 2.71 bits per heavy atom. The average Bonchev–Trinajstić information content (AvgIpc) is 2.81. The molecule has 31 heavy (non-hydrogen) atoms. The third kappa shape index (κ3) is 3.87. The molecule has 7 heteroatoms. The summed E-state index contributed by atoms with van der Waals surface area (Å²) in [5.74, 6) is 1.05. The molecule has 6 rings (SSSR count). The van der Waals surface area contributed by atoms with Gasteiger partial charge in [-0.1, -0.05) is 6.07 Å². The van der Waals surface area contributed by atoms with E-state index in [1.54, 1.807) is 24.5 Å². The summed E-state index contributed by atoms with van der Waals surface area (Å²) >= 11 is 0. The van der Waals surface area contributed by atoms with E-state index in [2.05, 4.69) is 20.3 Å². The van der Waals surface area contributed by atoms with Crippen molar-refractivity contribution in [2.24, 2.45) is 5.92 Å². The van der Waals surface area contributed by atoms with Gasteiger partial charge in [0.05, 0.1) is 11.6 Å². The van der Waals surface area contributed by atoms with E-state index in [0.29, 0.717) is 29.4 Å². The van der Waals surface area contributed by atoms with Crippen LogP contribution in [-0.4, -0.2) is 44.4 Å². The van der Waals surface area contributed by atoms with Crippen LogP contribution in [0.5, 0.6) is 0 Å². The van der Waals surface area contributed by atoms with Gasteiger partial charge in [0, 0.05) is 36.7 Å². The monoisotopic (exact) mass is 417 g/mol. The van der Waals surface area contributed by atoms with E-state index in [1.807, 2.05) is 30.2 Å². The SMILES string of the molecule is Cc1ccc(N[C@@H]2C[C@H]3CC[C@@H]2N(C(=O)c2cc(F)ccc2-c2ncccn2)C3)nc1. The maximum absolute atomic E-state index is 14.1. The van der Waals surface area contributed by atoms with E-state index in [-0.39, 0.29) is 18.0 Å². The van der Waals surface area contributed by atoms with Crippen molar-refractivity contribution >= 4 is 11.7 Å². The number of nitrogens with one attached hydrogen (secondary N) is 1. The quantitative estimate of drug-likeness (QED) is 0.692. The Hall–Kier alpha value is -3.35. The molecule has 3 atom stereocenters. The molecule has 2 aromatic heterocycles. The zero-order valence-electron chi connectivity index (χ0n) is 17.3. The molecule has 2 saturated heterocycles. The minimum atomic E-state index is -0.441. The Kier molecular flexibility index (Phi) is 5.10. The van der Waals surface area contributed by atoms with E-state index in [9.17, 15) is 9.18 Å². The molecule has 3 aromatic rings. The minimum Gasteiger partial charge on any atom is -0.365 e. The van der Waals surface area contributed by atoms with E-state index in [4.69, 9.17) is 0 Å². The van der Waals surface area contributed by atoms with Crippen LogP contribution in [0.4, 0.5) is 10.2 Å². The van der Waals surface area contributed by atoms with E-state index < -0.39 is 5.82 Å². The lowest BCUT2D eigenvalue weighted by molar-refractivity contribution is 0.0282. The smallest absolute Gasteiger partial charge is 0.255 e. The van der Waals surface area contributed by atoms with Gasteiger partial charge in [0.1, 0.15) is 11.6 Å². The second-order valence-corrected chi connectivity index (χ2v) is 8.44. The molecule has 6 nitrogen and oxygen atoms in total. The molecule has 0 spiro atoms. The number of rotatable bonds is 4. The number of halogens is 1. The normalized spacial score (nSPS) is 22.4. The molecule has 3 fully saturated rings. The first-order chi connectivity index (χ1) is 15.1. The summed E-state index contributed by atoms with van der Waals surface area (Å²) in [6.07, 6.45) is 8.11. The van der Waals surface area contributed by atoms with Crippen LogP contribution >= 0.6 is 0 Å². The average molecular weight is 417 g/mol. The fraction of sp³-hybridized carbons (Fsp3) is 0.333. The van der Waals surface area contributed by atoms with Gasteiger partial charge in [-0.05, 0) is 68.0 Å². The molecule has 1 aromatic carbocycles. The van der Waals surface area contributed by atoms with Crippen molar-refractivity contribution in [1.82, 2.24) is 19.9 Å². The van der Waals surface area contributed by atoms with Crippen molar-refractivity contribution in [3.05, 3.63) is 71.9 Å². The van der Waals surface area contributed by atoms with Crippen LogP contribution in [0.25, 0.3) is 11.4 Å². The largest absolute Gasteiger partial charge is 0.365 e. The first-order valence-electron chi connectivity index (χ1n) is 10.7. The molecule has 0 radical (unpaired) electrons. The first kappa shape index (κ1) is 19.6. The summed E-state index contributed by atoms with van der Waals surface area (Å²) in [5.41, 5.74) is 1.97. The molecule has 1 N–H and O–H groups in total. The number of amides is 1. The number of hydrogen-bond donors (Lipinski definition) is 1. The molecule has 2 bridgehead atoms. The highest BCUT2D eigenvalue weighted by atomic mass is 19.1. The number of piperidine rings is 2. The summed E-state index contributed by atoms with van der Waals surface area (Å²) < 4.78 is 14.1. The number of anilines is 1. The third-order valence-corrected chi connectivity index (χ3v) is 6.30. The molecule has 1 aliphatic carbocycles. The maximum Gasteiger partial charge on any atom is 0.255 e. The van der Waals surface area contributed by atoms with Crippen molar-refractivity contribution in [2.45, 2.75) is 38.3 Å². The van der Waals surface area contributed by atoms with Crippen LogP contribution in [0, 0.1) is 18.7 Å². The Labute approximate surface area is 180 Å². The van der Waals surface area contributed by atoms with Gasteiger partial charge in [-0.15, -0.1) is 0 Å². The summed E-state index contributed by atoms with van der Waals surface area (Å²) in [6.45, 7) is 2.70. The number of benzene rings is 1. The van der Waals surface area contributed by atoms with Crippen LogP contribution < -0.4 is 5.32 Å². The first-order valence-corrected chi connectivity index (χ1v) is 10.7. The summed E-state index contributed by atoms with van der Waals surface area (Å²) in [4.78, 5) is 28.6. The van der Waals surface area contributed by atoms with Crippen LogP contribution in [0.3, 0.4) is 0 Å². The van der Waals surface area contributed by atoms with Crippen LogP contribution in [0.1, 0.15) is 35.2 Å². The second kappa shape index (κ2) is 8.06. The number of fused-ring (bicyclic) bond motifs is 3. The highest BCUT2D eigenvalue weighted by Crippen LogP contribution is 2.38. The van der Waals surface area contributed by atoms with Crippen molar-refractivity contribution in [1.29, 1.82) is 0 Å². The number of carbonyl (C=O) groups is 1. The Morgan fingerprint density at radius 2 is 1.97 bits per heavy atom. The molecular formula is C24H24FN5O. The number of carbonyl (C=O) groups excluding carboxylic acids is 1. The zero-order chi connectivity index (χ0) is 21.4. The fourth-order valence-electron chi connectivity index (χ4n) is 4.81. The molecule has 1 amide bonds. The third-order valence-electron chi connectivity index (χ3n) is 6.30. The lowest BCUT2D eigenvalue weighted by Crippen LogP contribution is -2.59. The highest BCUT2D eigenvalue weighted by molar-refractivity contribution is 6.00. The zero-order valence-corrected chi connectivity index (χ0v) is 17.3. The van der Waals surface area contributed by atoms with Gasteiger partial charge in [-0.25, -0.2) is 19.3 Å². The summed E-state index contributed by atoms with van der Waals surface area (Å²) in [6, 6.07) is 10.1. The van der Waals surface area contributed by atoms with Crippen LogP contribution in [0.15, 0.2) is 55.0 Å². The van der Waals surface area contributed by atoms with Gasteiger partial charge in [0.25, 0.3) is 5.91 Å². The van der Waals surface area contributed by atoms with E-state index in [0.717, 1.165) is 30.6 Å². The standard InChI is InChI=1S/C24H24FN5O/c1-15-3-8-22(28-13-15)29-20-11-16-4-7-21(20)30(14-16)24(31)19-12-17(25)5-6-18(19)23-26-9-2-10-27-23/h2-3,5-6,8-10,12-13,16,20-21H,4,7,11,14H2,1H3,(H,28,29)/t16-,20-,21+/m1/s1. The predicted octanol–water partition coefficient (Wildman–Crippen LogP) is 4.09. The lowest BCUT2D eigenvalue weighted by Gasteiger charge is -2.50. The van der Waals surface area contributed by atoms with Crippen molar-refractivity contribution in [3.8, 4) is 11.4 Å². The Balaban J connectivity index is 1.44. The van der Waals surface area contributed by atoms with Gasteiger partial charge in [-0.2, -0.15) is 0 Å². The molecule has 3 aliphatic rings. The predicted molar refractivity (Wildman–Crippen MR) is 116 cm³/mol.